The van der Waals surface area contributed by atoms with Crippen LogP contribution in [0, 0.1) is 0 Å². The van der Waals surface area contributed by atoms with Crippen molar-refractivity contribution in [2.24, 2.45) is 0 Å². The summed E-state index contributed by atoms with van der Waals surface area (Å²) in [5.41, 5.74) is -4.10. The Morgan fingerprint density at radius 2 is 1.47 bits per heavy atom. The van der Waals surface area contributed by atoms with Crippen LogP contribution in [0.25, 0.3) is 22.2 Å². The number of hydrogen-bond donors (Lipinski definition) is 1. The molecular weight excluding hydrogens is 466 g/mol. The first-order valence-electron chi connectivity index (χ1n) is 10.1. The van der Waals surface area contributed by atoms with Gasteiger partial charge in [0.15, 0.2) is 0 Å². The fraction of sp³-hybridized carbons (Fsp3) is 0.348. The van der Waals surface area contributed by atoms with Gasteiger partial charge in [-0.15, -0.1) is 0 Å². The molecule has 0 saturated carbocycles. The zero-order chi connectivity index (χ0) is 25.6. The van der Waals surface area contributed by atoms with Gasteiger partial charge in [-0.3, -0.25) is 9.59 Å². The minimum Gasteiger partial charge on any atom is -0.481 e. The third-order valence-electron chi connectivity index (χ3n) is 5.13. The van der Waals surface area contributed by atoms with Gasteiger partial charge < -0.3 is 9.67 Å². The number of carboxylic acids is 1. The molecule has 1 aromatic heterocycles. The lowest BCUT2D eigenvalue weighted by molar-refractivity contribution is -0.143. The van der Waals surface area contributed by atoms with Crippen LogP contribution < -0.4 is 5.56 Å². The van der Waals surface area contributed by atoms with Crippen molar-refractivity contribution in [3.05, 3.63) is 63.6 Å². The molecule has 3 rings (SSSR count). The lowest BCUT2D eigenvalue weighted by Crippen LogP contribution is -2.33. The maximum atomic E-state index is 13.3. The van der Waals surface area contributed by atoms with Gasteiger partial charge in [0.2, 0.25) is 0 Å². The topological polar surface area (TPSA) is 72.2 Å². The van der Waals surface area contributed by atoms with Gasteiger partial charge in [-0.05, 0) is 41.5 Å². The smallest absolute Gasteiger partial charge is 0.416 e. The van der Waals surface area contributed by atoms with Gasteiger partial charge in [0, 0.05) is 12.0 Å². The van der Waals surface area contributed by atoms with E-state index in [9.17, 15) is 35.9 Å². The highest BCUT2D eigenvalue weighted by Gasteiger charge is 2.37. The van der Waals surface area contributed by atoms with Gasteiger partial charge in [-0.1, -0.05) is 26.8 Å². The summed E-state index contributed by atoms with van der Waals surface area (Å²) in [6.07, 6.45) is -10.5. The Balaban J connectivity index is 2.31. The molecular formula is C23H20F6N2O3. The number of halogens is 6. The average molecular weight is 486 g/mol. The Bertz CT molecular complexity index is 1290. The second-order valence-electron chi connectivity index (χ2n) is 8.81. The molecule has 11 heteroatoms. The molecule has 0 saturated heterocycles. The molecule has 0 bridgehead atoms. The summed E-state index contributed by atoms with van der Waals surface area (Å²) in [5.74, 6) is -1.18. The fourth-order valence-corrected chi connectivity index (χ4v) is 3.46. The van der Waals surface area contributed by atoms with Crippen molar-refractivity contribution in [2.75, 3.05) is 0 Å². The van der Waals surface area contributed by atoms with Crippen molar-refractivity contribution in [1.82, 2.24) is 9.55 Å². The van der Waals surface area contributed by atoms with Crippen molar-refractivity contribution < 1.29 is 36.2 Å². The van der Waals surface area contributed by atoms with E-state index in [2.05, 4.69) is 4.98 Å². The van der Waals surface area contributed by atoms with Crippen LogP contribution in [0.15, 0.2) is 41.2 Å². The summed E-state index contributed by atoms with van der Waals surface area (Å²) in [6.45, 7) is 4.95. The van der Waals surface area contributed by atoms with Crippen LogP contribution in [0.2, 0.25) is 0 Å². The number of aryl methyl sites for hydroxylation is 1. The second kappa shape index (κ2) is 8.44. The molecule has 182 valence electrons. The Hall–Kier alpha value is -3.37. The van der Waals surface area contributed by atoms with E-state index in [1.165, 1.54) is 18.2 Å². The Labute approximate surface area is 189 Å². The number of carboxylic acid groups (broad SMARTS) is 1. The average Bonchev–Trinajstić information content (AvgIpc) is 2.69. The van der Waals surface area contributed by atoms with E-state index in [1.54, 1.807) is 20.8 Å². The number of aromatic nitrogens is 2. The van der Waals surface area contributed by atoms with E-state index in [0.29, 0.717) is 12.1 Å². The van der Waals surface area contributed by atoms with Crippen LogP contribution in [0.1, 0.15) is 44.0 Å². The first kappa shape index (κ1) is 25.3. The standard InChI is InChI=1S/C23H20F6N2O3/c1-21(2,3)19-20(34)31(7-6-18(32)33)17-10-12(4-5-16(17)30-19)13-8-14(22(24,25)26)11-15(9-13)23(27,28)29/h4-5,8-11H,6-7H2,1-3H3,(H,32,33). The molecule has 2 aromatic carbocycles. The van der Waals surface area contributed by atoms with E-state index < -0.39 is 46.8 Å². The predicted molar refractivity (Wildman–Crippen MR) is 112 cm³/mol. The monoisotopic (exact) mass is 486 g/mol. The molecule has 0 spiro atoms. The number of alkyl halides is 6. The maximum Gasteiger partial charge on any atom is 0.416 e. The number of benzene rings is 2. The van der Waals surface area contributed by atoms with E-state index in [0.717, 1.165) is 4.57 Å². The van der Waals surface area contributed by atoms with Gasteiger partial charge >= 0.3 is 18.3 Å². The number of carbonyl (C=O) groups is 1. The minimum atomic E-state index is -5.01. The Morgan fingerprint density at radius 1 is 0.912 bits per heavy atom. The summed E-state index contributed by atoms with van der Waals surface area (Å²) in [5, 5.41) is 9.07. The predicted octanol–water partition coefficient (Wildman–Crippen LogP) is 5.87. The molecule has 0 unspecified atom stereocenters. The highest BCUT2D eigenvalue weighted by molar-refractivity contribution is 5.82. The lowest BCUT2D eigenvalue weighted by Gasteiger charge is -2.20. The first-order valence-corrected chi connectivity index (χ1v) is 10.1. The van der Waals surface area contributed by atoms with Crippen molar-refractivity contribution >= 4 is 17.0 Å². The Morgan fingerprint density at radius 3 is 1.94 bits per heavy atom. The van der Waals surface area contributed by atoms with Crippen LogP contribution in [-0.2, 0) is 29.1 Å². The molecule has 0 atom stereocenters. The molecule has 34 heavy (non-hydrogen) atoms. The van der Waals surface area contributed by atoms with E-state index in [1.807, 2.05) is 0 Å². The molecule has 0 aliphatic carbocycles. The molecule has 0 fully saturated rings. The Kier molecular flexibility index (Phi) is 6.27. The van der Waals surface area contributed by atoms with Crippen molar-refractivity contribution in [3.63, 3.8) is 0 Å². The number of fused-ring (bicyclic) bond motifs is 1. The number of aliphatic carboxylic acids is 1. The van der Waals surface area contributed by atoms with Gasteiger partial charge in [0.05, 0.1) is 28.6 Å². The number of rotatable bonds is 4. The highest BCUT2D eigenvalue weighted by atomic mass is 19.4. The largest absolute Gasteiger partial charge is 0.481 e. The van der Waals surface area contributed by atoms with E-state index in [-0.39, 0.29) is 40.5 Å². The summed E-state index contributed by atoms with van der Waals surface area (Å²) >= 11 is 0. The van der Waals surface area contributed by atoms with Crippen LogP contribution in [0.4, 0.5) is 26.3 Å². The number of nitrogens with zero attached hydrogens (tertiary/aromatic N) is 2. The first-order chi connectivity index (χ1) is 15.5. The summed E-state index contributed by atoms with van der Waals surface area (Å²) in [7, 11) is 0. The van der Waals surface area contributed by atoms with Crippen molar-refractivity contribution in [1.29, 1.82) is 0 Å². The zero-order valence-electron chi connectivity index (χ0n) is 18.3. The summed E-state index contributed by atoms with van der Waals surface area (Å²) in [4.78, 5) is 28.5. The van der Waals surface area contributed by atoms with Gasteiger partial charge in [-0.25, -0.2) is 4.98 Å². The third-order valence-corrected chi connectivity index (χ3v) is 5.13. The molecule has 0 aliphatic rings. The highest BCUT2D eigenvalue weighted by Crippen LogP contribution is 2.39. The van der Waals surface area contributed by atoms with Crippen LogP contribution in [0.5, 0.6) is 0 Å². The SMILES string of the molecule is CC(C)(C)c1nc2ccc(-c3cc(C(F)(F)F)cc(C(F)(F)F)c3)cc2n(CCC(=O)O)c1=O. The zero-order valence-corrected chi connectivity index (χ0v) is 18.3. The molecule has 0 radical (unpaired) electrons. The van der Waals surface area contributed by atoms with Gasteiger partial charge in [-0.2, -0.15) is 26.3 Å². The second-order valence-corrected chi connectivity index (χ2v) is 8.81. The van der Waals surface area contributed by atoms with Crippen LogP contribution >= 0.6 is 0 Å². The third kappa shape index (κ3) is 5.23. The molecule has 0 aliphatic heterocycles. The minimum absolute atomic E-state index is 0.0158. The summed E-state index contributed by atoms with van der Waals surface area (Å²) in [6, 6.07) is 5.14. The summed E-state index contributed by atoms with van der Waals surface area (Å²) < 4.78 is 80.8. The van der Waals surface area contributed by atoms with Crippen LogP contribution in [-0.4, -0.2) is 20.6 Å². The van der Waals surface area contributed by atoms with Gasteiger partial charge in [0.1, 0.15) is 5.69 Å². The maximum absolute atomic E-state index is 13.3. The van der Waals surface area contributed by atoms with Crippen LogP contribution in [0.3, 0.4) is 0 Å². The van der Waals surface area contributed by atoms with E-state index >= 15 is 0 Å². The van der Waals surface area contributed by atoms with Gasteiger partial charge in [0.25, 0.3) is 5.56 Å². The molecule has 5 nitrogen and oxygen atoms in total. The van der Waals surface area contributed by atoms with Crippen molar-refractivity contribution in [3.8, 4) is 11.1 Å². The normalized spacial score (nSPS) is 12.9. The molecule has 1 heterocycles. The van der Waals surface area contributed by atoms with E-state index in [4.69, 9.17) is 5.11 Å². The number of hydrogen-bond acceptors (Lipinski definition) is 3. The molecule has 1 N–H and O–H groups in total. The fourth-order valence-electron chi connectivity index (χ4n) is 3.46. The lowest BCUT2D eigenvalue weighted by atomic mass is 9.92. The molecule has 3 aromatic rings. The quantitative estimate of drug-likeness (QED) is 0.468. The molecule has 0 amide bonds. The van der Waals surface area contributed by atoms with Crippen molar-refractivity contribution in [2.45, 2.75) is 51.5 Å².